The van der Waals surface area contributed by atoms with Crippen molar-refractivity contribution in [2.45, 2.75) is 19.3 Å². The summed E-state index contributed by atoms with van der Waals surface area (Å²) in [6, 6.07) is 1.98. The molecule has 1 unspecified atom stereocenters. The lowest BCUT2D eigenvalue weighted by Gasteiger charge is -2.24. The van der Waals surface area contributed by atoms with Crippen LogP contribution in [0.5, 0.6) is 0 Å². The number of nitrogens with one attached hydrogen (secondary N) is 1. The standard InChI is InChI=1S/C12H17N3O2S/c1-15(17-2)12(16)8-4-3-7-5-10(11(13)14)18-9(7)6-8/h5,8H,3-4,6H2,1-2H3,(H3,13,14). The van der Waals surface area contributed by atoms with Gasteiger partial charge in [-0.15, -0.1) is 11.3 Å². The van der Waals surface area contributed by atoms with Crippen molar-refractivity contribution < 1.29 is 9.63 Å². The van der Waals surface area contributed by atoms with Gasteiger partial charge < -0.3 is 5.73 Å². The van der Waals surface area contributed by atoms with Crippen molar-refractivity contribution in [2.75, 3.05) is 14.2 Å². The molecule has 0 fully saturated rings. The van der Waals surface area contributed by atoms with Gasteiger partial charge in [-0.05, 0) is 30.9 Å². The Bertz CT molecular complexity index is 484. The van der Waals surface area contributed by atoms with Gasteiger partial charge in [-0.3, -0.25) is 15.0 Å². The average molecular weight is 267 g/mol. The Labute approximate surface area is 110 Å². The second-order valence-electron chi connectivity index (χ2n) is 4.43. The van der Waals surface area contributed by atoms with E-state index in [2.05, 4.69) is 0 Å². The van der Waals surface area contributed by atoms with E-state index in [1.807, 2.05) is 6.07 Å². The molecular formula is C12H17N3O2S. The molecule has 1 aliphatic carbocycles. The number of nitrogens with two attached hydrogens (primary N) is 1. The molecule has 3 N–H and O–H groups in total. The minimum atomic E-state index is -0.0269. The van der Waals surface area contributed by atoms with Crippen LogP contribution in [0, 0.1) is 11.3 Å². The molecule has 0 aromatic carbocycles. The van der Waals surface area contributed by atoms with Crippen LogP contribution in [0.1, 0.15) is 21.7 Å². The fourth-order valence-electron chi connectivity index (χ4n) is 2.20. The first-order valence-corrected chi connectivity index (χ1v) is 6.62. The topological polar surface area (TPSA) is 79.4 Å². The molecule has 1 heterocycles. The zero-order chi connectivity index (χ0) is 13.3. The number of hydrogen-bond donors (Lipinski definition) is 2. The van der Waals surface area contributed by atoms with Crippen LogP contribution in [0.4, 0.5) is 0 Å². The minimum absolute atomic E-state index is 0.0147. The molecule has 6 heteroatoms. The molecule has 98 valence electrons. The third kappa shape index (κ3) is 2.39. The third-order valence-corrected chi connectivity index (χ3v) is 4.52. The highest BCUT2D eigenvalue weighted by Crippen LogP contribution is 2.33. The first kappa shape index (κ1) is 13.0. The van der Waals surface area contributed by atoms with Gasteiger partial charge in [0, 0.05) is 17.8 Å². The number of carbonyl (C=O) groups excluding carboxylic acids is 1. The maximum Gasteiger partial charge on any atom is 0.249 e. The second kappa shape index (κ2) is 5.07. The van der Waals surface area contributed by atoms with Crippen LogP contribution >= 0.6 is 11.3 Å². The maximum atomic E-state index is 12.0. The lowest BCUT2D eigenvalue weighted by molar-refractivity contribution is -0.173. The normalized spacial score (nSPS) is 18.2. The van der Waals surface area contributed by atoms with Gasteiger partial charge in [0.15, 0.2) is 0 Å². The Kier molecular flexibility index (Phi) is 3.68. The smallest absolute Gasteiger partial charge is 0.249 e. The van der Waals surface area contributed by atoms with E-state index in [1.54, 1.807) is 7.05 Å². The fourth-order valence-corrected chi connectivity index (χ4v) is 3.35. The summed E-state index contributed by atoms with van der Waals surface area (Å²) in [6.07, 6.45) is 2.42. The van der Waals surface area contributed by atoms with Crippen molar-refractivity contribution in [3.8, 4) is 0 Å². The molecule has 1 atom stereocenters. The molecule has 1 aromatic heterocycles. The van der Waals surface area contributed by atoms with E-state index in [0.29, 0.717) is 0 Å². The lowest BCUT2D eigenvalue weighted by Crippen LogP contribution is -2.34. The van der Waals surface area contributed by atoms with Crippen LogP contribution < -0.4 is 5.73 Å². The van der Waals surface area contributed by atoms with E-state index < -0.39 is 0 Å². The fraction of sp³-hybridized carbons (Fsp3) is 0.500. The molecule has 0 saturated heterocycles. The van der Waals surface area contributed by atoms with E-state index in [0.717, 1.165) is 24.1 Å². The number of hydroxylamine groups is 2. The van der Waals surface area contributed by atoms with Gasteiger partial charge in [-0.25, -0.2) is 5.06 Å². The van der Waals surface area contributed by atoms with E-state index in [9.17, 15) is 4.79 Å². The number of thiophene rings is 1. The summed E-state index contributed by atoms with van der Waals surface area (Å²) in [4.78, 5) is 18.9. The van der Waals surface area contributed by atoms with Crippen LogP contribution in [-0.2, 0) is 22.5 Å². The van der Waals surface area contributed by atoms with Crippen molar-refractivity contribution in [1.82, 2.24) is 5.06 Å². The number of hydrogen-bond acceptors (Lipinski definition) is 4. The third-order valence-electron chi connectivity index (χ3n) is 3.29. The summed E-state index contributed by atoms with van der Waals surface area (Å²) >= 11 is 1.52. The zero-order valence-electron chi connectivity index (χ0n) is 10.5. The number of amides is 1. The molecule has 0 radical (unpaired) electrons. The second-order valence-corrected chi connectivity index (χ2v) is 5.57. The highest BCUT2D eigenvalue weighted by Gasteiger charge is 2.28. The SMILES string of the molecule is CON(C)C(=O)C1CCc2cc(C(=N)N)sc2C1. The molecule has 2 rings (SSSR count). The Morgan fingerprint density at radius 2 is 2.39 bits per heavy atom. The predicted molar refractivity (Wildman–Crippen MR) is 70.6 cm³/mol. The van der Waals surface area contributed by atoms with Crippen molar-refractivity contribution in [1.29, 1.82) is 5.41 Å². The highest BCUT2D eigenvalue weighted by molar-refractivity contribution is 7.14. The van der Waals surface area contributed by atoms with E-state index in [1.165, 1.54) is 34.0 Å². The molecule has 1 aromatic rings. The Morgan fingerprint density at radius 3 is 3.00 bits per heavy atom. The molecule has 0 bridgehead atoms. The number of aryl methyl sites for hydroxylation is 1. The Hall–Kier alpha value is -1.40. The first-order chi connectivity index (χ1) is 8.52. The minimum Gasteiger partial charge on any atom is -0.383 e. The molecule has 0 saturated carbocycles. The molecule has 18 heavy (non-hydrogen) atoms. The monoisotopic (exact) mass is 267 g/mol. The number of carbonyl (C=O) groups is 1. The molecule has 0 spiro atoms. The van der Waals surface area contributed by atoms with Crippen molar-refractivity contribution in [2.24, 2.45) is 11.7 Å². The van der Waals surface area contributed by atoms with Crippen LogP contribution in [0.15, 0.2) is 6.07 Å². The summed E-state index contributed by atoms with van der Waals surface area (Å²) in [5, 5.41) is 8.73. The number of amidine groups is 1. The van der Waals surface area contributed by atoms with Gasteiger partial charge >= 0.3 is 0 Å². The van der Waals surface area contributed by atoms with Gasteiger partial charge in [0.05, 0.1) is 12.0 Å². The van der Waals surface area contributed by atoms with Gasteiger partial charge in [-0.1, -0.05) is 0 Å². The molecule has 5 nitrogen and oxygen atoms in total. The van der Waals surface area contributed by atoms with Crippen LogP contribution in [0.3, 0.4) is 0 Å². The van der Waals surface area contributed by atoms with E-state index in [-0.39, 0.29) is 17.7 Å². The number of nitrogen functional groups attached to an aromatic ring is 1. The van der Waals surface area contributed by atoms with Crippen molar-refractivity contribution in [3.05, 3.63) is 21.4 Å². The predicted octanol–water partition coefficient (Wildman–Crippen LogP) is 1.16. The van der Waals surface area contributed by atoms with Gasteiger partial charge in [-0.2, -0.15) is 0 Å². The number of nitrogens with zero attached hydrogens (tertiary/aromatic N) is 1. The zero-order valence-corrected chi connectivity index (χ0v) is 11.3. The highest BCUT2D eigenvalue weighted by atomic mass is 32.1. The largest absolute Gasteiger partial charge is 0.383 e. The maximum absolute atomic E-state index is 12.0. The Morgan fingerprint density at radius 1 is 1.67 bits per heavy atom. The van der Waals surface area contributed by atoms with Gasteiger partial charge in [0.2, 0.25) is 5.91 Å². The summed E-state index contributed by atoms with van der Waals surface area (Å²) in [6.45, 7) is 0. The van der Waals surface area contributed by atoms with Crippen LogP contribution in [-0.4, -0.2) is 31.0 Å². The van der Waals surface area contributed by atoms with Crippen molar-refractivity contribution in [3.63, 3.8) is 0 Å². The molecule has 0 aliphatic heterocycles. The lowest BCUT2D eigenvalue weighted by atomic mass is 9.88. The molecular weight excluding hydrogens is 250 g/mol. The Balaban J connectivity index is 2.14. The molecule has 1 aliphatic rings. The summed E-state index contributed by atoms with van der Waals surface area (Å²) in [5.74, 6) is 0.0909. The quantitative estimate of drug-likeness (QED) is 0.490. The van der Waals surface area contributed by atoms with E-state index in [4.69, 9.17) is 16.0 Å². The summed E-state index contributed by atoms with van der Waals surface area (Å²) < 4.78 is 0. The van der Waals surface area contributed by atoms with E-state index >= 15 is 0 Å². The molecule has 1 amide bonds. The van der Waals surface area contributed by atoms with Crippen LogP contribution in [0.25, 0.3) is 0 Å². The first-order valence-electron chi connectivity index (χ1n) is 5.80. The van der Waals surface area contributed by atoms with Gasteiger partial charge in [0.1, 0.15) is 5.84 Å². The summed E-state index contributed by atoms with van der Waals surface area (Å²) in [5.41, 5.74) is 6.72. The van der Waals surface area contributed by atoms with Crippen LogP contribution in [0.2, 0.25) is 0 Å². The number of rotatable bonds is 3. The van der Waals surface area contributed by atoms with Crippen molar-refractivity contribution >= 4 is 23.1 Å². The van der Waals surface area contributed by atoms with Gasteiger partial charge in [0.25, 0.3) is 0 Å². The summed E-state index contributed by atoms with van der Waals surface area (Å²) in [7, 11) is 3.12. The number of fused-ring (bicyclic) bond motifs is 1. The average Bonchev–Trinajstić information content (AvgIpc) is 2.79.